The van der Waals surface area contributed by atoms with E-state index in [1.54, 1.807) is 86.1 Å². The number of aromatic nitrogens is 1. The molecule has 3 aromatic carbocycles. The van der Waals surface area contributed by atoms with E-state index < -0.39 is 151 Å². The lowest BCUT2D eigenvalue weighted by molar-refractivity contribution is -0.141. The Morgan fingerprint density at radius 1 is 0.716 bits per heavy atom. The van der Waals surface area contributed by atoms with Crippen molar-refractivity contribution in [3.8, 4) is 11.1 Å². The molecule has 432 valence electrons. The van der Waals surface area contributed by atoms with Crippen LogP contribution < -0.4 is 43.4 Å². The molecule has 5 rings (SSSR count). The number of carbonyl (C=O) groups is 11. The third kappa shape index (κ3) is 18.7. The molecule has 24 nitrogen and oxygen atoms in total. The zero-order chi connectivity index (χ0) is 59.6. The van der Waals surface area contributed by atoms with Crippen molar-refractivity contribution in [3.05, 3.63) is 132 Å². The van der Waals surface area contributed by atoms with Crippen molar-refractivity contribution in [1.82, 2.24) is 46.3 Å². The molecule has 1 aliphatic rings. The van der Waals surface area contributed by atoms with Gasteiger partial charge in [-0.15, -0.1) is 0 Å². The Balaban J connectivity index is 1.40. The number of amides is 11. The molecule has 4 aromatic rings. The van der Waals surface area contributed by atoms with Crippen molar-refractivity contribution in [2.24, 2.45) is 16.9 Å². The zero-order valence-electron chi connectivity index (χ0n) is 44.9. The topological polar surface area (TPSA) is 353 Å². The van der Waals surface area contributed by atoms with E-state index in [1.807, 2.05) is 12.1 Å². The molecule has 1 aliphatic heterocycles. The van der Waals surface area contributed by atoms with Crippen LogP contribution in [-0.4, -0.2) is 142 Å². The number of halogens is 2. The molecule has 11 N–H and O–H groups in total. The second kappa shape index (κ2) is 29.0. The van der Waals surface area contributed by atoms with Gasteiger partial charge >= 0.3 is 6.09 Å². The van der Waals surface area contributed by atoms with E-state index in [4.69, 9.17) is 16.2 Å². The first-order valence-electron chi connectivity index (χ1n) is 25.5. The van der Waals surface area contributed by atoms with Crippen LogP contribution in [0.1, 0.15) is 69.8 Å². The molecule has 11 amide bonds. The lowest BCUT2D eigenvalue weighted by atomic mass is 9.82. The lowest BCUT2D eigenvalue weighted by Gasteiger charge is -2.41. The number of imide groups is 1. The molecule has 5 atom stereocenters. The van der Waals surface area contributed by atoms with E-state index in [-0.39, 0.29) is 37.4 Å². The van der Waals surface area contributed by atoms with Crippen molar-refractivity contribution in [3.63, 3.8) is 0 Å². The first kappa shape index (κ1) is 62.5. The number of ether oxygens (including phenoxy) is 1. The Hall–Kier alpha value is -9.33. The zero-order valence-corrected chi connectivity index (χ0v) is 44.9. The third-order valence-corrected chi connectivity index (χ3v) is 12.5. The Bertz CT molecular complexity index is 2990. The number of carbonyl (C=O) groups excluding carboxylic acids is 11. The molecule has 0 radical (unpaired) electrons. The Labute approximate surface area is 464 Å². The van der Waals surface area contributed by atoms with Crippen LogP contribution in [0.2, 0.25) is 0 Å². The molecule has 0 spiro atoms. The summed E-state index contributed by atoms with van der Waals surface area (Å²) in [5, 5.41) is 24.7. The van der Waals surface area contributed by atoms with E-state index in [0.29, 0.717) is 16.2 Å². The third-order valence-electron chi connectivity index (χ3n) is 12.5. The average Bonchev–Trinajstić information content (AvgIpc) is 4.20. The van der Waals surface area contributed by atoms with E-state index in [1.165, 1.54) is 11.8 Å². The number of nitrogens with two attached hydrogens (primary N) is 2. The molecule has 81 heavy (non-hydrogen) atoms. The number of nitrogens with zero attached hydrogens (tertiary/aromatic N) is 3. The molecule has 0 saturated heterocycles. The minimum Gasteiger partial charge on any atom is -0.445 e. The molecule has 2 heterocycles. The minimum absolute atomic E-state index is 0.0882. The molecular formula is C55H65F2N11O13. The number of hydrogen-bond acceptors (Lipinski definition) is 13. The summed E-state index contributed by atoms with van der Waals surface area (Å²) < 4.78 is 36.9. The molecule has 1 aromatic heterocycles. The summed E-state index contributed by atoms with van der Waals surface area (Å²) in [6.45, 7) is 3.93. The smallest absolute Gasteiger partial charge is 0.408 e. The van der Waals surface area contributed by atoms with Gasteiger partial charge in [0, 0.05) is 61.3 Å². The van der Waals surface area contributed by atoms with Crippen LogP contribution in [0.15, 0.2) is 103 Å². The summed E-state index contributed by atoms with van der Waals surface area (Å²) in [5.74, 6) is -11.1. The van der Waals surface area contributed by atoms with Crippen LogP contribution in [0, 0.1) is 17.0 Å². The maximum Gasteiger partial charge on any atom is 0.408 e. The van der Waals surface area contributed by atoms with Gasteiger partial charge in [0.15, 0.2) is 0 Å². The molecule has 0 unspecified atom stereocenters. The summed E-state index contributed by atoms with van der Waals surface area (Å²) in [6, 6.07) is 14.6. The molecule has 26 heteroatoms. The van der Waals surface area contributed by atoms with Gasteiger partial charge < -0.3 is 62.7 Å². The SMILES string of the molecule is C[C@H](NC(=O)OCc1ccccc1)C(=O)N[C@@H](CC(=O)N[C@@H](CC(N)=O)C(=O)N[C@@H](CCN(C(=O)CO)[C@@H](c1cc(-c2cc(F)ccc2F)cn1Cc1ccccc1)C(C)(C)C)C(=O)NCCNC(=O)CN1C(=O)C=CC1=O)C(N)=O. The van der Waals surface area contributed by atoms with E-state index in [0.717, 1.165) is 35.9 Å². The van der Waals surface area contributed by atoms with Crippen molar-refractivity contribution in [2.45, 2.75) is 90.3 Å². The van der Waals surface area contributed by atoms with E-state index in [2.05, 4.69) is 31.9 Å². The first-order valence-corrected chi connectivity index (χ1v) is 25.5. The number of aliphatic hydroxyl groups is 1. The van der Waals surface area contributed by atoms with Crippen LogP contribution in [0.4, 0.5) is 13.6 Å². The second-order valence-electron chi connectivity index (χ2n) is 19.9. The predicted octanol–water partition coefficient (Wildman–Crippen LogP) is 0.457. The number of benzene rings is 3. The summed E-state index contributed by atoms with van der Waals surface area (Å²) in [7, 11) is 0. The highest BCUT2D eigenvalue weighted by atomic mass is 19.1. The average molecular weight is 1130 g/mol. The van der Waals surface area contributed by atoms with Gasteiger partial charge in [0.2, 0.25) is 47.3 Å². The standard InChI is InChI=1S/C55H65F2N11O13/c1-32(62-54(80)81-31-34-13-9-6-10-14-34)51(77)65-40(50(59)76)26-44(71)63-41(25-43(58)70)53(79)64-39(52(78)61-21-20-60-45(72)29-68-46(73)17-18-47(68)74)19-22-67(48(75)30-69)49(55(2,3)4)42-23-35(37-24-36(56)15-16-38(37)57)28-66(42)27-33-11-7-5-8-12-33/h5-18,23-24,28,32,39-41,49,69H,19-22,25-27,29-31H2,1-4H3,(H2,58,70)(H2,59,76)(H,60,72)(H,61,78)(H,62,80)(H,63,71)(H,64,79)(H,65,77)/t32-,39-,40-,41-,49-/m0/s1. The Kier molecular flexibility index (Phi) is 22.4. The van der Waals surface area contributed by atoms with Crippen molar-refractivity contribution in [1.29, 1.82) is 0 Å². The van der Waals surface area contributed by atoms with Crippen molar-refractivity contribution >= 4 is 65.2 Å². The van der Waals surface area contributed by atoms with Gasteiger partial charge in [0.25, 0.3) is 11.8 Å². The highest BCUT2D eigenvalue weighted by Gasteiger charge is 2.39. The largest absolute Gasteiger partial charge is 0.445 e. The van der Waals surface area contributed by atoms with Gasteiger partial charge in [-0.3, -0.25) is 52.8 Å². The molecule has 0 aliphatic carbocycles. The molecule has 0 bridgehead atoms. The summed E-state index contributed by atoms with van der Waals surface area (Å²) in [5.41, 5.74) is 12.1. The fraction of sp³-hybridized carbons (Fsp3) is 0.364. The Morgan fingerprint density at radius 2 is 1.33 bits per heavy atom. The van der Waals surface area contributed by atoms with E-state index in [9.17, 15) is 62.2 Å². The number of hydrogen-bond donors (Lipinski definition) is 9. The minimum atomic E-state index is -1.86. The molecule has 0 fully saturated rings. The van der Waals surface area contributed by atoms with E-state index >= 15 is 4.39 Å². The quantitative estimate of drug-likeness (QED) is 0.0276. The maximum absolute atomic E-state index is 15.4. The van der Waals surface area contributed by atoms with Gasteiger partial charge in [0.05, 0.1) is 18.9 Å². The monoisotopic (exact) mass is 1130 g/mol. The van der Waals surface area contributed by atoms with Crippen LogP contribution in [0.5, 0.6) is 0 Å². The molecule has 0 saturated carbocycles. The highest BCUT2D eigenvalue weighted by Crippen LogP contribution is 2.41. The molecular weight excluding hydrogens is 1060 g/mol. The number of alkyl carbamates (subject to hydrolysis) is 1. The summed E-state index contributed by atoms with van der Waals surface area (Å²) >= 11 is 0. The number of nitrogens with one attached hydrogen (secondary N) is 6. The summed E-state index contributed by atoms with van der Waals surface area (Å²) in [4.78, 5) is 145. The van der Waals surface area contributed by atoms with Crippen LogP contribution in [-0.2, 0) is 65.8 Å². The highest BCUT2D eigenvalue weighted by molar-refractivity contribution is 6.14. The van der Waals surface area contributed by atoms with Crippen molar-refractivity contribution in [2.75, 3.05) is 32.8 Å². The second-order valence-corrected chi connectivity index (χ2v) is 19.9. The Morgan fingerprint density at radius 3 is 1.94 bits per heavy atom. The number of rotatable bonds is 28. The fourth-order valence-electron chi connectivity index (χ4n) is 8.58. The normalized spacial score (nSPS) is 13.9. The van der Waals surface area contributed by atoms with Gasteiger partial charge in [-0.25, -0.2) is 13.6 Å². The number of aliphatic hydroxyl groups excluding tert-OH is 1. The van der Waals surface area contributed by atoms with Gasteiger partial charge in [0.1, 0.15) is 55.6 Å². The maximum atomic E-state index is 15.4. The summed E-state index contributed by atoms with van der Waals surface area (Å²) in [6.07, 6.45) is 0.330. The van der Waals surface area contributed by atoms with Crippen molar-refractivity contribution < 1.29 is 71.4 Å². The number of primary amides is 2. The lowest BCUT2D eigenvalue weighted by Crippen LogP contribution is -2.57. The van der Waals surface area contributed by atoms with Gasteiger partial charge in [-0.1, -0.05) is 81.4 Å². The van der Waals surface area contributed by atoms with Crippen LogP contribution in [0.25, 0.3) is 11.1 Å². The van der Waals surface area contributed by atoms with Gasteiger partial charge in [-0.2, -0.15) is 0 Å². The predicted molar refractivity (Wildman–Crippen MR) is 285 cm³/mol. The van der Waals surface area contributed by atoms with Gasteiger partial charge in [-0.05, 0) is 54.2 Å². The van der Waals surface area contributed by atoms with Crippen LogP contribution >= 0.6 is 0 Å². The van der Waals surface area contributed by atoms with Crippen LogP contribution in [0.3, 0.4) is 0 Å². The first-order chi connectivity index (χ1) is 38.3. The fourth-order valence-corrected chi connectivity index (χ4v) is 8.58.